The van der Waals surface area contributed by atoms with Gasteiger partial charge in [-0.2, -0.15) is 4.31 Å². The van der Waals surface area contributed by atoms with Crippen LogP contribution in [0.5, 0.6) is 0 Å². The Morgan fingerprint density at radius 1 is 1.04 bits per heavy atom. The minimum Gasteiger partial charge on any atom is -0.353 e. The van der Waals surface area contributed by atoms with Gasteiger partial charge < -0.3 is 10.2 Å². The molecule has 8 heteroatoms. The molecule has 0 unspecified atom stereocenters. The molecule has 0 bridgehead atoms. The van der Waals surface area contributed by atoms with Gasteiger partial charge in [-0.15, -0.1) is 0 Å². The highest BCUT2D eigenvalue weighted by Gasteiger charge is 2.27. The Hall–Kier alpha value is -1.15. The van der Waals surface area contributed by atoms with Gasteiger partial charge in [-0.1, -0.05) is 12.8 Å². The molecule has 0 atom stereocenters. The molecule has 2 rings (SSSR count). The van der Waals surface area contributed by atoms with Gasteiger partial charge in [0, 0.05) is 45.1 Å². The number of hydrogen-bond donors (Lipinski definition) is 1. The number of amides is 2. The molecule has 0 aromatic carbocycles. The number of carbonyl (C=O) groups excluding carboxylic acids is 2. The zero-order chi connectivity index (χ0) is 16.9. The second-order valence-electron chi connectivity index (χ2n) is 6.23. The van der Waals surface area contributed by atoms with Crippen molar-refractivity contribution in [1.29, 1.82) is 0 Å². The quantitative estimate of drug-likeness (QED) is 0.751. The summed E-state index contributed by atoms with van der Waals surface area (Å²) in [4.78, 5) is 25.6. The molecule has 1 aliphatic heterocycles. The van der Waals surface area contributed by atoms with E-state index in [0.29, 0.717) is 26.2 Å². The van der Waals surface area contributed by atoms with E-state index in [1.165, 1.54) is 4.31 Å². The molecule has 0 aromatic heterocycles. The number of piperazine rings is 1. The molecule has 1 saturated carbocycles. The second-order valence-corrected chi connectivity index (χ2v) is 8.49. The van der Waals surface area contributed by atoms with Gasteiger partial charge in [0.1, 0.15) is 0 Å². The number of nitrogens with zero attached hydrogens (tertiary/aromatic N) is 2. The number of sulfonamides is 1. The van der Waals surface area contributed by atoms with Crippen LogP contribution in [0.15, 0.2) is 0 Å². The fourth-order valence-corrected chi connectivity index (χ4v) is 4.23. The maximum atomic E-state index is 12.1. The Morgan fingerprint density at radius 2 is 1.65 bits per heavy atom. The number of carbonyl (C=O) groups is 2. The first-order valence-corrected chi connectivity index (χ1v) is 10.1. The molecule has 1 aliphatic carbocycles. The summed E-state index contributed by atoms with van der Waals surface area (Å²) < 4.78 is 25.0. The van der Waals surface area contributed by atoms with Crippen molar-refractivity contribution in [3.63, 3.8) is 0 Å². The summed E-state index contributed by atoms with van der Waals surface area (Å²) in [6.07, 6.45) is 4.80. The van der Waals surface area contributed by atoms with E-state index >= 15 is 0 Å². The average molecular weight is 345 g/mol. The average Bonchev–Trinajstić information content (AvgIpc) is 3.05. The topological polar surface area (TPSA) is 86.8 Å². The van der Waals surface area contributed by atoms with Gasteiger partial charge in [0.25, 0.3) is 0 Å². The predicted octanol–water partition coefficient (Wildman–Crippen LogP) is 0.319. The number of hydrogen-bond acceptors (Lipinski definition) is 4. The van der Waals surface area contributed by atoms with Gasteiger partial charge in [0.05, 0.1) is 5.75 Å². The largest absolute Gasteiger partial charge is 0.353 e. The van der Waals surface area contributed by atoms with E-state index in [0.717, 1.165) is 25.7 Å². The summed E-state index contributed by atoms with van der Waals surface area (Å²) in [5.41, 5.74) is 0. The molecule has 0 radical (unpaired) electrons. The second kappa shape index (κ2) is 8.10. The lowest BCUT2D eigenvalue weighted by Gasteiger charge is -2.33. The van der Waals surface area contributed by atoms with E-state index in [9.17, 15) is 18.0 Å². The molecule has 23 heavy (non-hydrogen) atoms. The van der Waals surface area contributed by atoms with Gasteiger partial charge in [-0.05, 0) is 19.8 Å². The van der Waals surface area contributed by atoms with Crippen molar-refractivity contribution in [2.24, 2.45) is 0 Å². The highest BCUT2D eigenvalue weighted by molar-refractivity contribution is 7.89. The van der Waals surface area contributed by atoms with Crippen LogP contribution in [0.4, 0.5) is 0 Å². The van der Waals surface area contributed by atoms with Crippen molar-refractivity contribution in [2.75, 3.05) is 31.9 Å². The Kier molecular flexibility index (Phi) is 6.41. The van der Waals surface area contributed by atoms with E-state index < -0.39 is 10.0 Å². The molecule has 0 aromatic rings. The predicted molar refractivity (Wildman–Crippen MR) is 87.2 cm³/mol. The van der Waals surface area contributed by atoms with E-state index in [-0.39, 0.29) is 36.5 Å². The van der Waals surface area contributed by atoms with Crippen LogP contribution in [0.2, 0.25) is 0 Å². The molecule has 2 aliphatic rings. The summed E-state index contributed by atoms with van der Waals surface area (Å²) in [7, 11) is -3.18. The van der Waals surface area contributed by atoms with E-state index in [2.05, 4.69) is 5.32 Å². The van der Waals surface area contributed by atoms with E-state index in [4.69, 9.17) is 0 Å². The van der Waals surface area contributed by atoms with Crippen molar-refractivity contribution in [2.45, 2.75) is 51.5 Å². The SMILES string of the molecule is CCS(=O)(=O)N1CCN(C(=O)CCC(=O)NC2CCCC2)CC1. The monoisotopic (exact) mass is 345 g/mol. The van der Waals surface area contributed by atoms with Gasteiger partial charge in [0.2, 0.25) is 21.8 Å². The van der Waals surface area contributed by atoms with Crippen LogP contribution in [-0.4, -0.2) is 67.4 Å². The summed E-state index contributed by atoms with van der Waals surface area (Å²) in [6, 6.07) is 0.278. The van der Waals surface area contributed by atoms with Crippen LogP contribution in [0.1, 0.15) is 45.4 Å². The fraction of sp³-hybridized carbons (Fsp3) is 0.867. The van der Waals surface area contributed by atoms with Crippen molar-refractivity contribution < 1.29 is 18.0 Å². The minimum absolute atomic E-state index is 0.0579. The molecular formula is C15H27N3O4S. The molecule has 0 spiro atoms. The molecule has 1 saturated heterocycles. The maximum absolute atomic E-state index is 12.1. The molecular weight excluding hydrogens is 318 g/mol. The summed E-state index contributed by atoms with van der Waals surface area (Å²) in [5.74, 6) is -0.0417. The summed E-state index contributed by atoms with van der Waals surface area (Å²) in [5, 5.41) is 2.97. The smallest absolute Gasteiger partial charge is 0.223 e. The van der Waals surface area contributed by atoms with Gasteiger partial charge >= 0.3 is 0 Å². The Morgan fingerprint density at radius 3 is 2.22 bits per heavy atom. The van der Waals surface area contributed by atoms with Crippen LogP contribution in [0.25, 0.3) is 0 Å². The van der Waals surface area contributed by atoms with Crippen molar-refractivity contribution in [3.8, 4) is 0 Å². The van der Waals surface area contributed by atoms with Gasteiger partial charge in [-0.25, -0.2) is 8.42 Å². The standard InChI is InChI=1S/C15H27N3O4S/c1-2-23(21,22)18-11-9-17(10-12-18)15(20)8-7-14(19)16-13-5-3-4-6-13/h13H,2-12H2,1H3,(H,16,19). The fourth-order valence-electron chi connectivity index (χ4n) is 3.15. The first-order valence-electron chi connectivity index (χ1n) is 8.47. The summed E-state index contributed by atoms with van der Waals surface area (Å²) in [6.45, 7) is 3.12. The number of nitrogens with one attached hydrogen (secondary N) is 1. The Bertz CT molecular complexity index is 521. The van der Waals surface area contributed by atoms with Crippen LogP contribution in [0.3, 0.4) is 0 Å². The van der Waals surface area contributed by atoms with Crippen molar-refractivity contribution in [1.82, 2.24) is 14.5 Å². The van der Waals surface area contributed by atoms with Crippen molar-refractivity contribution >= 4 is 21.8 Å². The molecule has 1 N–H and O–H groups in total. The van der Waals surface area contributed by atoms with Crippen LogP contribution in [-0.2, 0) is 19.6 Å². The lowest BCUT2D eigenvalue weighted by atomic mass is 10.2. The molecule has 2 amide bonds. The van der Waals surface area contributed by atoms with Crippen LogP contribution < -0.4 is 5.32 Å². The molecule has 7 nitrogen and oxygen atoms in total. The highest BCUT2D eigenvalue weighted by atomic mass is 32.2. The number of rotatable bonds is 6. The third-order valence-electron chi connectivity index (χ3n) is 4.64. The third kappa shape index (κ3) is 5.17. The van der Waals surface area contributed by atoms with Gasteiger partial charge in [-0.3, -0.25) is 9.59 Å². The first kappa shape index (κ1) is 18.2. The Balaban J connectivity index is 1.69. The van der Waals surface area contributed by atoms with Gasteiger partial charge in [0.15, 0.2) is 0 Å². The lowest BCUT2D eigenvalue weighted by Crippen LogP contribution is -2.51. The normalized spacial score (nSPS) is 20.7. The highest BCUT2D eigenvalue weighted by Crippen LogP contribution is 2.17. The molecule has 2 fully saturated rings. The Labute approximate surface area is 138 Å². The van der Waals surface area contributed by atoms with Crippen LogP contribution in [0, 0.1) is 0 Å². The zero-order valence-electron chi connectivity index (χ0n) is 13.8. The third-order valence-corrected chi connectivity index (χ3v) is 6.52. The zero-order valence-corrected chi connectivity index (χ0v) is 14.6. The summed E-state index contributed by atoms with van der Waals surface area (Å²) >= 11 is 0. The maximum Gasteiger partial charge on any atom is 0.223 e. The first-order chi connectivity index (χ1) is 10.9. The molecule has 1 heterocycles. The van der Waals surface area contributed by atoms with Crippen LogP contribution >= 0.6 is 0 Å². The minimum atomic E-state index is -3.18. The lowest BCUT2D eigenvalue weighted by molar-refractivity contribution is -0.134. The van der Waals surface area contributed by atoms with Crippen molar-refractivity contribution in [3.05, 3.63) is 0 Å². The molecule has 132 valence electrons. The van der Waals surface area contributed by atoms with E-state index in [1.54, 1.807) is 11.8 Å². The van der Waals surface area contributed by atoms with E-state index in [1.807, 2.05) is 0 Å².